The Morgan fingerprint density at radius 1 is 1.38 bits per heavy atom. The van der Waals surface area contributed by atoms with Crippen LogP contribution in [0, 0.1) is 6.92 Å². The molecule has 24 heavy (non-hydrogen) atoms. The zero-order chi connectivity index (χ0) is 17.9. The van der Waals surface area contributed by atoms with Gasteiger partial charge in [0.05, 0.1) is 30.6 Å². The lowest BCUT2D eigenvalue weighted by molar-refractivity contribution is -0.0933. The number of nitrogens with one attached hydrogen (secondary N) is 1. The summed E-state index contributed by atoms with van der Waals surface area (Å²) in [5, 5.41) is 3.39. The van der Waals surface area contributed by atoms with Crippen molar-refractivity contribution in [1.82, 2.24) is 9.88 Å². The Labute approximate surface area is 144 Å². The summed E-state index contributed by atoms with van der Waals surface area (Å²) in [5.74, 6) is 0.408. The first-order valence-electron chi connectivity index (χ1n) is 8.43. The minimum absolute atomic E-state index is 0.0249. The van der Waals surface area contributed by atoms with E-state index in [9.17, 15) is 4.79 Å². The highest BCUT2D eigenvalue weighted by Crippen LogP contribution is 2.22. The maximum Gasteiger partial charge on any atom is 0.339 e. The maximum absolute atomic E-state index is 11.6. The van der Waals surface area contributed by atoms with Crippen molar-refractivity contribution in [3.8, 4) is 0 Å². The molecule has 1 fully saturated rings. The normalized spacial score (nSPS) is 22.2. The summed E-state index contributed by atoms with van der Waals surface area (Å²) in [7, 11) is 1.38. The largest absolute Gasteiger partial charge is 0.465 e. The van der Waals surface area contributed by atoms with Crippen LogP contribution in [0.15, 0.2) is 12.1 Å². The second kappa shape index (κ2) is 7.49. The molecule has 134 valence electrons. The number of rotatable bonds is 5. The summed E-state index contributed by atoms with van der Waals surface area (Å²) < 4.78 is 10.6. The first-order chi connectivity index (χ1) is 11.2. The van der Waals surface area contributed by atoms with Crippen LogP contribution in [-0.4, -0.2) is 60.3 Å². The van der Waals surface area contributed by atoms with E-state index in [-0.39, 0.29) is 23.7 Å². The number of morpholine rings is 1. The minimum atomic E-state index is -0.358. The summed E-state index contributed by atoms with van der Waals surface area (Å²) in [6, 6.07) is 3.57. The molecule has 6 nitrogen and oxygen atoms in total. The SMILES string of the molecule is COC(=O)c1ccc(NCC(C)(C)N2C[C@@H](C)O[C@@H](C)C2)nc1C. The standard InChI is InChI=1S/C18H29N3O3/c1-12-9-21(10-13(2)24-12)18(4,5)11-19-16-8-7-15(14(3)20-16)17(22)23-6/h7-8,12-13H,9-11H2,1-6H3,(H,19,20)/t12-,13+. The molecule has 1 saturated heterocycles. The fraction of sp³-hybridized carbons (Fsp3) is 0.667. The Balaban J connectivity index is 2.01. The number of carbonyl (C=O) groups excluding carboxylic acids is 1. The quantitative estimate of drug-likeness (QED) is 0.834. The van der Waals surface area contributed by atoms with Crippen molar-refractivity contribution in [2.45, 2.75) is 52.4 Å². The van der Waals surface area contributed by atoms with Crippen LogP contribution in [0.4, 0.5) is 5.82 Å². The van der Waals surface area contributed by atoms with Gasteiger partial charge >= 0.3 is 5.97 Å². The molecule has 1 N–H and O–H groups in total. The van der Waals surface area contributed by atoms with Crippen molar-refractivity contribution in [3.05, 3.63) is 23.4 Å². The van der Waals surface area contributed by atoms with E-state index in [2.05, 4.69) is 42.9 Å². The molecule has 1 aliphatic heterocycles. The Morgan fingerprint density at radius 3 is 2.54 bits per heavy atom. The molecule has 0 unspecified atom stereocenters. The Morgan fingerprint density at radius 2 is 2.00 bits per heavy atom. The van der Waals surface area contributed by atoms with Crippen molar-refractivity contribution in [1.29, 1.82) is 0 Å². The van der Waals surface area contributed by atoms with Gasteiger partial charge in [-0.3, -0.25) is 4.90 Å². The van der Waals surface area contributed by atoms with Crippen LogP contribution in [0.1, 0.15) is 43.7 Å². The molecule has 0 aromatic carbocycles. The van der Waals surface area contributed by atoms with Crippen molar-refractivity contribution < 1.29 is 14.3 Å². The van der Waals surface area contributed by atoms with Gasteiger partial charge in [0, 0.05) is 25.2 Å². The molecule has 1 aromatic heterocycles. The first-order valence-corrected chi connectivity index (χ1v) is 8.43. The maximum atomic E-state index is 11.6. The van der Waals surface area contributed by atoms with E-state index < -0.39 is 0 Å². The molecule has 0 amide bonds. The van der Waals surface area contributed by atoms with E-state index in [0.29, 0.717) is 11.3 Å². The third kappa shape index (κ3) is 4.45. The van der Waals surface area contributed by atoms with Crippen molar-refractivity contribution in [2.24, 2.45) is 0 Å². The van der Waals surface area contributed by atoms with Gasteiger partial charge in [0.25, 0.3) is 0 Å². The van der Waals surface area contributed by atoms with Crippen LogP contribution >= 0.6 is 0 Å². The van der Waals surface area contributed by atoms with Gasteiger partial charge in [-0.2, -0.15) is 0 Å². The predicted octanol–water partition coefficient (Wildman–Crippen LogP) is 2.48. The minimum Gasteiger partial charge on any atom is -0.465 e. The summed E-state index contributed by atoms with van der Waals surface area (Å²) in [4.78, 5) is 18.5. The second-order valence-corrected chi connectivity index (χ2v) is 7.15. The second-order valence-electron chi connectivity index (χ2n) is 7.15. The lowest BCUT2D eigenvalue weighted by Crippen LogP contribution is -2.57. The average Bonchev–Trinajstić information content (AvgIpc) is 2.51. The van der Waals surface area contributed by atoms with Crippen LogP contribution in [-0.2, 0) is 9.47 Å². The van der Waals surface area contributed by atoms with Crippen LogP contribution < -0.4 is 5.32 Å². The van der Waals surface area contributed by atoms with Gasteiger partial charge in [0.2, 0.25) is 0 Å². The lowest BCUT2D eigenvalue weighted by atomic mass is 10.00. The predicted molar refractivity (Wildman–Crippen MR) is 94.5 cm³/mol. The van der Waals surface area contributed by atoms with E-state index in [0.717, 1.165) is 25.5 Å². The number of hydrogen-bond donors (Lipinski definition) is 1. The first kappa shape index (κ1) is 18.7. The molecule has 0 saturated carbocycles. The number of carbonyl (C=O) groups is 1. The molecule has 0 radical (unpaired) electrons. The monoisotopic (exact) mass is 335 g/mol. The average molecular weight is 335 g/mol. The van der Waals surface area contributed by atoms with Crippen molar-refractivity contribution in [3.63, 3.8) is 0 Å². The summed E-state index contributed by atoms with van der Waals surface area (Å²) in [6.45, 7) is 13.1. The number of aryl methyl sites for hydroxylation is 1. The van der Waals surface area contributed by atoms with E-state index in [1.54, 1.807) is 6.07 Å². The Kier molecular flexibility index (Phi) is 5.83. The van der Waals surface area contributed by atoms with Gasteiger partial charge < -0.3 is 14.8 Å². The summed E-state index contributed by atoms with van der Waals surface area (Å²) >= 11 is 0. The molecule has 0 aliphatic carbocycles. The van der Waals surface area contributed by atoms with E-state index in [4.69, 9.17) is 9.47 Å². The number of methoxy groups -OCH3 is 1. The van der Waals surface area contributed by atoms with Gasteiger partial charge in [-0.05, 0) is 46.8 Å². The topological polar surface area (TPSA) is 63.7 Å². The molecule has 1 aliphatic rings. The summed E-state index contributed by atoms with van der Waals surface area (Å²) in [6.07, 6.45) is 0.487. The van der Waals surface area contributed by atoms with E-state index in [1.165, 1.54) is 7.11 Å². The van der Waals surface area contributed by atoms with Crippen LogP contribution in [0.2, 0.25) is 0 Å². The van der Waals surface area contributed by atoms with Gasteiger partial charge in [-0.1, -0.05) is 0 Å². The van der Waals surface area contributed by atoms with Gasteiger partial charge in [0.1, 0.15) is 5.82 Å². The molecule has 2 rings (SSSR count). The number of pyridine rings is 1. The highest BCUT2D eigenvalue weighted by molar-refractivity contribution is 5.90. The number of anilines is 1. The zero-order valence-corrected chi connectivity index (χ0v) is 15.5. The van der Waals surface area contributed by atoms with Crippen molar-refractivity contribution in [2.75, 3.05) is 32.1 Å². The fourth-order valence-corrected chi connectivity index (χ4v) is 3.08. The lowest BCUT2D eigenvalue weighted by Gasteiger charge is -2.45. The number of ether oxygens (including phenoxy) is 2. The number of hydrogen-bond acceptors (Lipinski definition) is 6. The highest BCUT2D eigenvalue weighted by Gasteiger charge is 2.33. The molecule has 2 atom stereocenters. The molecule has 0 spiro atoms. The molecule has 0 bridgehead atoms. The number of aromatic nitrogens is 1. The van der Waals surface area contributed by atoms with Gasteiger partial charge in [0.15, 0.2) is 0 Å². The third-order valence-electron chi connectivity index (χ3n) is 4.47. The Hall–Kier alpha value is -1.66. The van der Waals surface area contributed by atoms with Crippen LogP contribution in [0.25, 0.3) is 0 Å². The third-order valence-corrected chi connectivity index (χ3v) is 4.47. The zero-order valence-electron chi connectivity index (χ0n) is 15.5. The summed E-state index contributed by atoms with van der Waals surface area (Å²) in [5.41, 5.74) is 1.14. The Bertz CT molecular complexity index is 579. The van der Waals surface area contributed by atoms with E-state index in [1.807, 2.05) is 13.0 Å². The number of esters is 1. The van der Waals surface area contributed by atoms with Gasteiger partial charge in [-0.15, -0.1) is 0 Å². The van der Waals surface area contributed by atoms with E-state index >= 15 is 0 Å². The molecule has 1 aromatic rings. The fourth-order valence-electron chi connectivity index (χ4n) is 3.08. The number of nitrogens with zero attached hydrogens (tertiary/aromatic N) is 2. The molecule has 6 heteroatoms. The molecule has 2 heterocycles. The van der Waals surface area contributed by atoms with Gasteiger partial charge in [-0.25, -0.2) is 9.78 Å². The highest BCUT2D eigenvalue weighted by atomic mass is 16.5. The van der Waals surface area contributed by atoms with Crippen LogP contribution in [0.5, 0.6) is 0 Å². The molecular weight excluding hydrogens is 306 g/mol. The van der Waals surface area contributed by atoms with Crippen LogP contribution in [0.3, 0.4) is 0 Å². The van der Waals surface area contributed by atoms with Crippen molar-refractivity contribution >= 4 is 11.8 Å². The smallest absolute Gasteiger partial charge is 0.339 e. The molecular formula is C18H29N3O3.